The minimum absolute atomic E-state index is 0.736. The van der Waals surface area contributed by atoms with Gasteiger partial charge in [0.2, 0.25) is 0 Å². The van der Waals surface area contributed by atoms with Crippen LogP contribution in [0.5, 0.6) is 0 Å². The molecule has 5 nitrogen and oxygen atoms in total. The molecule has 3 aromatic heterocycles. The Bertz CT molecular complexity index is 861. The maximum absolute atomic E-state index is 4.51. The third-order valence-electron chi connectivity index (χ3n) is 4.27. The molecule has 0 amide bonds. The van der Waals surface area contributed by atoms with E-state index < -0.39 is 0 Å². The van der Waals surface area contributed by atoms with Crippen molar-refractivity contribution in [3.05, 3.63) is 52.9 Å². The van der Waals surface area contributed by atoms with E-state index in [1.165, 1.54) is 18.4 Å². The Balaban J connectivity index is 1.54. The van der Waals surface area contributed by atoms with Crippen molar-refractivity contribution in [2.45, 2.75) is 19.4 Å². The molecule has 4 rings (SSSR count). The Morgan fingerprint density at radius 3 is 2.75 bits per heavy atom. The molecule has 0 saturated carbocycles. The van der Waals surface area contributed by atoms with Gasteiger partial charge >= 0.3 is 0 Å². The summed E-state index contributed by atoms with van der Waals surface area (Å²) >= 11 is 3.44. The van der Waals surface area contributed by atoms with E-state index in [0.717, 1.165) is 46.6 Å². The van der Waals surface area contributed by atoms with Crippen LogP contribution < -0.4 is 10.2 Å². The van der Waals surface area contributed by atoms with E-state index >= 15 is 0 Å². The van der Waals surface area contributed by atoms with Gasteiger partial charge < -0.3 is 10.2 Å². The first-order valence-electron chi connectivity index (χ1n) is 8.13. The number of nitrogens with zero attached hydrogens (tertiary/aromatic N) is 4. The van der Waals surface area contributed by atoms with Crippen LogP contribution in [0, 0.1) is 0 Å². The molecule has 0 radical (unpaired) electrons. The molecule has 4 heterocycles. The number of fused-ring (bicyclic) bond motifs is 1. The first kappa shape index (κ1) is 15.3. The molecule has 24 heavy (non-hydrogen) atoms. The van der Waals surface area contributed by atoms with Crippen molar-refractivity contribution in [2.75, 3.05) is 23.3 Å². The summed E-state index contributed by atoms with van der Waals surface area (Å²) in [6.45, 7) is 2.95. The third kappa shape index (κ3) is 3.19. The third-order valence-corrected chi connectivity index (χ3v) is 4.70. The largest absolute Gasteiger partial charge is 0.379 e. The average Bonchev–Trinajstić information content (AvgIpc) is 3.14. The van der Waals surface area contributed by atoms with E-state index in [-0.39, 0.29) is 0 Å². The fourth-order valence-electron chi connectivity index (χ4n) is 3.04. The molecular formula is C18H18BrN5. The predicted molar refractivity (Wildman–Crippen MR) is 100 cm³/mol. The highest BCUT2D eigenvalue weighted by Crippen LogP contribution is 2.23. The van der Waals surface area contributed by atoms with Crippen molar-refractivity contribution in [1.82, 2.24) is 15.0 Å². The Kier molecular flexibility index (Phi) is 4.30. The Labute approximate surface area is 149 Å². The van der Waals surface area contributed by atoms with Gasteiger partial charge in [-0.2, -0.15) is 0 Å². The van der Waals surface area contributed by atoms with E-state index in [1.54, 1.807) is 12.4 Å². The quantitative estimate of drug-likeness (QED) is 0.737. The van der Waals surface area contributed by atoms with Crippen molar-refractivity contribution in [1.29, 1.82) is 0 Å². The van der Waals surface area contributed by atoms with Gasteiger partial charge in [-0.05, 0) is 58.6 Å². The van der Waals surface area contributed by atoms with Gasteiger partial charge in [0.25, 0.3) is 0 Å². The number of halogens is 1. The molecule has 0 aliphatic carbocycles. The van der Waals surface area contributed by atoms with Crippen molar-refractivity contribution in [3.8, 4) is 0 Å². The summed E-state index contributed by atoms with van der Waals surface area (Å²) in [4.78, 5) is 15.7. The fourth-order valence-corrected chi connectivity index (χ4v) is 3.35. The lowest BCUT2D eigenvalue weighted by Gasteiger charge is -2.17. The van der Waals surface area contributed by atoms with Crippen LogP contribution in [-0.2, 0) is 6.54 Å². The van der Waals surface area contributed by atoms with E-state index in [9.17, 15) is 0 Å². The van der Waals surface area contributed by atoms with Crippen LogP contribution in [0.3, 0.4) is 0 Å². The second-order valence-electron chi connectivity index (χ2n) is 5.95. The second-order valence-corrected chi connectivity index (χ2v) is 6.87. The monoisotopic (exact) mass is 383 g/mol. The summed E-state index contributed by atoms with van der Waals surface area (Å²) in [5.41, 5.74) is 3.97. The zero-order chi connectivity index (χ0) is 16.4. The SMILES string of the molecule is Brc1cnc2c(NCc3ccnc(N4CCCC4)c3)ccnc2c1. The average molecular weight is 384 g/mol. The van der Waals surface area contributed by atoms with Crippen LogP contribution in [0.2, 0.25) is 0 Å². The first-order valence-corrected chi connectivity index (χ1v) is 8.93. The van der Waals surface area contributed by atoms with Gasteiger partial charge in [0.1, 0.15) is 11.3 Å². The van der Waals surface area contributed by atoms with Gasteiger partial charge in [0, 0.05) is 42.7 Å². The van der Waals surface area contributed by atoms with Crippen LogP contribution in [0.4, 0.5) is 11.5 Å². The van der Waals surface area contributed by atoms with E-state index in [2.05, 4.69) is 53.2 Å². The smallest absolute Gasteiger partial charge is 0.128 e. The minimum Gasteiger partial charge on any atom is -0.379 e. The molecule has 1 saturated heterocycles. The molecule has 122 valence electrons. The lowest BCUT2D eigenvalue weighted by molar-refractivity contribution is 0.931. The molecule has 0 bridgehead atoms. The van der Waals surface area contributed by atoms with Crippen molar-refractivity contribution < 1.29 is 0 Å². The summed E-state index contributed by atoms with van der Waals surface area (Å²) in [5, 5.41) is 3.48. The molecule has 1 fully saturated rings. The summed E-state index contributed by atoms with van der Waals surface area (Å²) in [7, 11) is 0. The normalized spacial score (nSPS) is 14.3. The standard InChI is InChI=1S/C18H18BrN5/c19-14-10-16-18(23-12-14)15(4-6-20-16)22-11-13-3-5-21-17(9-13)24-7-1-2-8-24/h3-6,9-10,12H,1-2,7-8,11H2,(H,20,22). The van der Waals surface area contributed by atoms with Crippen LogP contribution in [0.15, 0.2) is 47.3 Å². The highest BCUT2D eigenvalue weighted by molar-refractivity contribution is 9.10. The van der Waals surface area contributed by atoms with Crippen LogP contribution >= 0.6 is 15.9 Å². The first-order chi connectivity index (χ1) is 11.8. The van der Waals surface area contributed by atoms with Crippen LogP contribution in [-0.4, -0.2) is 28.0 Å². The van der Waals surface area contributed by atoms with E-state index in [4.69, 9.17) is 0 Å². The van der Waals surface area contributed by atoms with Crippen molar-refractivity contribution in [2.24, 2.45) is 0 Å². The fraction of sp³-hybridized carbons (Fsp3) is 0.278. The summed E-state index contributed by atoms with van der Waals surface area (Å²) in [6.07, 6.45) is 8.02. The lowest BCUT2D eigenvalue weighted by atomic mass is 10.2. The van der Waals surface area contributed by atoms with Crippen LogP contribution in [0.1, 0.15) is 18.4 Å². The van der Waals surface area contributed by atoms with Gasteiger partial charge in [0.15, 0.2) is 0 Å². The molecule has 3 aromatic rings. The maximum atomic E-state index is 4.51. The number of pyridine rings is 3. The number of hydrogen-bond acceptors (Lipinski definition) is 5. The molecular weight excluding hydrogens is 366 g/mol. The van der Waals surface area contributed by atoms with Gasteiger partial charge in [-0.3, -0.25) is 9.97 Å². The lowest BCUT2D eigenvalue weighted by Crippen LogP contribution is -2.19. The van der Waals surface area contributed by atoms with E-state index in [0.29, 0.717) is 0 Å². The molecule has 1 N–H and O–H groups in total. The molecule has 0 unspecified atom stereocenters. The molecule has 0 atom stereocenters. The highest BCUT2D eigenvalue weighted by Gasteiger charge is 2.13. The van der Waals surface area contributed by atoms with Gasteiger partial charge in [0.05, 0.1) is 11.2 Å². The summed E-state index contributed by atoms with van der Waals surface area (Å²) in [6, 6.07) is 8.17. The molecule has 0 aromatic carbocycles. The van der Waals surface area contributed by atoms with Crippen LogP contribution in [0.25, 0.3) is 11.0 Å². The number of hydrogen-bond donors (Lipinski definition) is 1. The zero-order valence-corrected chi connectivity index (χ0v) is 14.8. The predicted octanol–water partition coefficient (Wildman–Crippen LogP) is 4.00. The number of aromatic nitrogens is 3. The zero-order valence-electron chi connectivity index (χ0n) is 13.2. The maximum Gasteiger partial charge on any atom is 0.128 e. The Morgan fingerprint density at radius 1 is 1.04 bits per heavy atom. The molecule has 6 heteroatoms. The van der Waals surface area contributed by atoms with Gasteiger partial charge in [-0.15, -0.1) is 0 Å². The highest BCUT2D eigenvalue weighted by atomic mass is 79.9. The molecule has 1 aliphatic rings. The topological polar surface area (TPSA) is 53.9 Å². The Hall–Kier alpha value is -2.21. The summed E-state index contributed by atoms with van der Waals surface area (Å²) in [5.74, 6) is 1.08. The number of nitrogens with one attached hydrogen (secondary N) is 1. The second kappa shape index (κ2) is 6.73. The minimum atomic E-state index is 0.736. The summed E-state index contributed by atoms with van der Waals surface area (Å²) < 4.78 is 0.934. The molecule has 1 aliphatic heterocycles. The number of rotatable bonds is 4. The van der Waals surface area contributed by atoms with Crippen molar-refractivity contribution in [3.63, 3.8) is 0 Å². The molecule has 0 spiro atoms. The van der Waals surface area contributed by atoms with Gasteiger partial charge in [-0.1, -0.05) is 0 Å². The van der Waals surface area contributed by atoms with Crippen molar-refractivity contribution >= 4 is 38.5 Å². The van der Waals surface area contributed by atoms with Gasteiger partial charge in [-0.25, -0.2) is 4.98 Å². The Morgan fingerprint density at radius 2 is 1.88 bits per heavy atom. The number of anilines is 2. The van der Waals surface area contributed by atoms with E-state index in [1.807, 2.05) is 18.3 Å².